The molecule has 2 aromatic rings. The molecule has 5 N–H and O–H groups in total. The van der Waals surface area contributed by atoms with Crippen LogP contribution in [-0.2, 0) is 11.2 Å². The number of benzene rings is 1. The maximum absolute atomic E-state index is 11.3. The van der Waals surface area contributed by atoms with E-state index in [1.807, 2.05) is 30.5 Å². The lowest BCUT2D eigenvalue weighted by molar-refractivity contribution is -0.123. The van der Waals surface area contributed by atoms with Crippen molar-refractivity contribution in [3.05, 3.63) is 48.2 Å². The first kappa shape index (κ1) is 14.3. The van der Waals surface area contributed by atoms with Crippen LogP contribution in [0, 0.1) is 5.41 Å². The maximum atomic E-state index is 11.3. The number of para-hydroxylation sites is 1. The van der Waals surface area contributed by atoms with Gasteiger partial charge in [0.25, 0.3) is 0 Å². The van der Waals surface area contributed by atoms with E-state index in [0.717, 1.165) is 11.9 Å². The number of primary amides is 1. The second kappa shape index (κ2) is 5.51. The Balaban J connectivity index is 2.10. The van der Waals surface area contributed by atoms with Crippen molar-refractivity contribution in [1.29, 1.82) is 0 Å². The van der Waals surface area contributed by atoms with Gasteiger partial charge in [-0.2, -0.15) is 0 Å². The van der Waals surface area contributed by atoms with Crippen LogP contribution >= 0.6 is 0 Å². The van der Waals surface area contributed by atoms with Crippen LogP contribution in [0.3, 0.4) is 0 Å². The number of carbonyl (C=O) groups excluding carboxylic acids is 1. The molecule has 0 radical (unpaired) electrons. The van der Waals surface area contributed by atoms with Crippen molar-refractivity contribution in [3.8, 4) is 0 Å². The van der Waals surface area contributed by atoms with Crippen molar-refractivity contribution in [2.75, 3.05) is 0 Å². The van der Waals surface area contributed by atoms with Crippen molar-refractivity contribution in [3.63, 3.8) is 0 Å². The number of hydrogen-bond acceptors (Lipinski definition) is 2. The van der Waals surface area contributed by atoms with Crippen molar-refractivity contribution >= 4 is 16.8 Å². The van der Waals surface area contributed by atoms with Crippen molar-refractivity contribution in [2.24, 2.45) is 16.9 Å². The van der Waals surface area contributed by atoms with Gasteiger partial charge >= 0.3 is 0 Å². The normalized spacial score (nSPS) is 13.9. The smallest absolute Gasteiger partial charge is 0.226 e. The van der Waals surface area contributed by atoms with E-state index in [1.165, 1.54) is 10.9 Å². The zero-order valence-electron chi connectivity index (χ0n) is 11.9. The van der Waals surface area contributed by atoms with Crippen LogP contribution in [-0.4, -0.2) is 16.9 Å². The number of H-pyrrole nitrogens is 1. The van der Waals surface area contributed by atoms with Gasteiger partial charge in [-0.1, -0.05) is 30.4 Å². The first-order chi connectivity index (χ1) is 9.40. The minimum Gasteiger partial charge on any atom is -0.369 e. The second-order valence-electron chi connectivity index (χ2n) is 5.67. The van der Waals surface area contributed by atoms with Gasteiger partial charge in [0.05, 0.1) is 5.41 Å². The predicted octanol–water partition coefficient (Wildman–Crippen LogP) is 2.11. The average Bonchev–Trinajstić information content (AvgIpc) is 2.80. The SMILES string of the molecule is CC(C)(/C=C/C(N)Cc1c[nH]c2ccccc12)C(N)=O. The van der Waals surface area contributed by atoms with E-state index in [4.69, 9.17) is 11.5 Å². The molecule has 106 valence electrons. The summed E-state index contributed by atoms with van der Waals surface area (Å²) in [5, 5.41) is 1.19. The molecule has 1 heterocycles. The molecule has 0 spiro atoms. The Kier molecular flexibility index (Phi) is 3.95. The fourth-order valence-electron chi connectivity index (χ4n) is 2.07. The van der Waals surface area contributed by atoms with Crippen LogP contribution in [0.25, 0.3) is 10.9 Å². The Morgan fingerprint density at radius 3 is 2.80 bits per heavy atom. The molecule has 1 aromatic carbocycles. The highest BCUT2D eigenvalue weighted by atomic mass is 16.1. The number of aromatic amines is 1. The van der Waals surface area contributed by atoms with E-state index in [9.17, 15) is 4.79 Å². The van der Waals surface area contributed by atoms with E-state index < -0.39 is 5.41 Å². The Morgan fingerprint density at radius 2 is 2.10 bits per heavy atom. The molecule has 0 fully saturated rings. The predicted molar refractivity (Wildman–Crippen MR) is 82.1 cm³/mol. The Morgan fingerprint density at radius 1 is 1.40 bits per heavy atom. The summed E-state index contributed by atoms with van der Waals surface area (Å²) in [6.45, 7) is 3.56. The zero-order chi connectivity index (χ0) is 14.8. The summed E-state index contributed by atoms with van der Waals surface area (Å²) in [6, 6.07) is 7.98. The van der Waals surface area contributed by atoms with Gasteiger partial charge in [-0.15, -0.1) is 0 Å². The number of nitrogens with one attached hydrogen (secondary N) is 1. The molecule has 1 unspecified atom stereocenters. The lowest BCUT2D eigenvalue weighted by atomic mass is 9.91. The first-order valence-electron chi connectivity index (χ1n) is 6.70. The summed E-state index contributed by atoms with van der Waals surface area (Å²) in [4.78, 5) is 14.5. The Bertz CT molecular complexity index is 640. The van der Waals surface area contributed by atoms with Gasteiger partial charge < -0.3 is 16.5 Å². The molecule has 0 aliphatic rings. The third kappa shape index (κ3) is 3.08. The molecule has 4 heteroatoms. The van der Waals surface area contributed by atoms with Crippen LogP contribution in [0.5, 0.6) is 0 Å². The molecule has 0 aliphatic carbocycles. The summed E-state index contributed by atoms with van der Waals surface area (Å²) in [6.07, 6.45) is 6.34. The first-order valence-corrected chi connectivity index (χ1v) is 6.70. The van der Waals surface area contributed by atoms with Gasteiger partial charge in [-0.25, -0.2) is 0 Å². The standard InChI is InChI=1S/C16H21N3O/c1-16(2,15(18)20)8-7-12(17)9-11-10-19-14-6-4-3-5-13(11)14/h3-8,10,12,19H,9,17H2,1-2H3,(H2,18,20)/b8-7+. The quantitative estimate of drug-likeness (QED) is 0.727. The number of rotatable bonds is 5. The molecule has 2 rings (SSSR count). The molecule has 0 bridgehead atoms. The van der Waals surface area contributed by atoms with Gasteiger partial charge in [-0.3, -0.25) is 4.79 Å². The minimum atomic E-state index is -0.669. The van der Waals surface area contributed by atoms with Gasteiger partial charge in [0.15, 0.2) is 0 Å². The fraction of sp³-hybridized carbons (Fsp3) is 0.312. The van der Waals surface area contributed by atoms with Gasteiger partial charge in [-0.05, 0) is 31.9 Å². The number of aromatic nitrogens is 1. The van der Waals surface area contributed by atoms with Crippen LogP contribution < -0.4 is 11.5 Å². The molecular weight excluding hydrogens is 250 g/mol. The van der Waals surface area contributed by atoms with E-state index in [-0.39, 0.29) is 11.9 Å². The van der Waals surface area contributed by atoms with E-state index in [1.54, 1.807) is 19.9 Å². The molecule has 20 heavy (non-hydrogen) atoms. The highest BCUT2D eigenvalue weighted by Crippen LogP contribution is 2.20. The molecular formula is C16H21N3O. The summed E-state index contributed by atoms with van der Waals surface area (Å²) in [7, 11) is 0. The lowest BCUT2D eigenvalue weighted by Gasteiger charge is -2.16. The molecule has 0 saturated heterocycles. The van der Waals surface area contributed by atoms with E-state index >= 15 is 0 Å². The monoisotopic (exact) mass is 271 g/mol. The Hall–Kier alpha value is -2.07. The van der Waals surface area contributed by atoms with E-state index in [2.05, 4.69) is 11.1 Å². The lowest BCUT2D eigenvalue weighted by Crippen LogP contribution is -2.30. The van der Waals surface area contributed by atoms with Crippen LogP contribution in [0.1, 0.15) is 19.4 Å². The van der Waals surface area contributed by atoms with Crippen LogP contribution in [0.4, 0.5) is 0 Å². The summed E-state index contributed by atoms with van der Waals surface area (Å²) in [5.74, 6) is -0.354. The average molecular weight is 271 g/mol. The van der Waals surface area contributed by atoms with Crippen molar-refractivity contribution < 1.29 is 4.79 Å². The second-order valence-corrected chi connectivity index (χ2v) is 5.67. The largest absolute Gasteiger partial charge is 0.369 e. The highest BCUT2D eigenvalue weighted by Gasteiger charge is 2.21. The summed E-state index contributed by atoms with van der Waals surface area (Å²) < 4.78 is 0. The number of nitrogens with two attached hydrogens (primary N) is 2. The van der Waals surface area contributed by atoms with Gasteiger partial charge in [0.1, 0.15) is 0 Å². The number of hydrogen-bond donors (Lipinski definition) is 3. The topological polar surface area (TPSA) is 84.9 Å². The molecule has 0 aliphatic heterocycles. The fourth-order valence-corrected chi connectivity index (χ4v) is 2.07. The zero-order valence-corrected chi connectivity index (χ0v) is 11.9. The van der Waals surface area contributed by atoms with Crippen LogP contribution in [0.2, 0.25) is 0 Å². The molecule has 1 amide bonds. The molecule has 1 aromatic heterocycles. The minimum absolute atomic E-state index is 0.146. The van der Waals surface area contributed by atoms with E-state index in [0.29, 0.717) is 0 Å². The third-order valence-electron chi connectivity index (χ3n) is 3.53. The highest BCUT2D eigenvalue weighted by molar-refractivity contribution is 5.83. The number of amides is 1. The summed E-state index contributed by atoms with van der Waals surface area (Å²) >= 11 is 0. The summed E-state index contributed by atoms with van der Waals surface area (Å²) in [5.41, 5.74) is 13.1. The van der Waals surface area contributed by atoms with Gasteiger partial charge in [0.2, 0.25) is 5.91 Å². The number of fused-ring (bicyclic) bond motifs is 1. The molecule has 0 saturated carbocycles. The van der Waals surface area contributed by atoms with Gasteiger partial charge in [0, 0.05) is 23.1 Å². The number of carbonyl (C=O) groups is 1. The third-order valence-corrected chi connectivity index (χ3v) is 3.53. The van der Waals surface area contributed by atoms with Crippen LogP contribution in [0.15, 0.2) is 42.6 Å². The van der Waals surface area contributed by atoms with Crippen molar-refractivity contribution in [2.45, 2.75) is 26.3 Å². The molecule has 4 nitrogen and oxygen atoms in total. The molecule has 1 atom stereocenters. The maximum Gasteiger partial charge on any atom is 0.226 e. The van der Waals surface area contributed by atoms with Crippen molar-refractivity contribution in [1.82, 2.24) is 4.98 Å². The Labute approximate surface area is 118 Å².